The Bertz CT molecular complexity index is 889. The zero-order valence-electron chi connectivity index (χ0n) is 19.8. The van der Waals surface area contributed by atoms with Gasteiger partial charge < -0.3 is 20.0 Å². The van der Waals surface area contributed by atoms with Crippen molar-refractivity contribution in [2.75, 3.05) is 50.7 Å². The molecule has 0 unspecified atom stereocenters. The van der Waals surface area contributed by atoms with Crippen LogP contribution in [0.3, 0.4) is 0 Å². The van der Waals surface area contributed by atoms with Gasteiger partial charge in [0.1, 0.15) is 0 Å². The van der Waals surface area contributed by atoms with E-state index in [1.165, 1.54) is 30.5 Å². The lowest BCUT2D eigenvalue weighted by molar-refractivity contribution is -0.174. The van der Waals surface area contributed by atoms with Crippen LogP contribution in [0.15, 0.2) is 18.2 Å². The molecule has 1 atom stereocenters. The highest BCUT2D eigenvalue weighted by Crippen LogP contribution is 2.28. The molecule has 1 N–H and O–H groups in total. The normalized spacial score (nSPS) is 21.9. The first-order valence-electron chi connectivity index (χ1n) is 12.3. The monoisotopic (exact) mass is 491 g/mol. The molecule has 0 spiro atoms. The number of rotatable bonds is 7. The van der Waals surface area contributed by atoms with Crippen LogP contribution in [0.4, 0.5) is 10.5 Å². The molecule has 10 heteroatoms. The summed E-state index contributed by atoms with van der Waals surface area (Å²) >= 11 is 6.38. The van der Waals surface area contributed by atoms with Crippen LogP contribution in [0.2, 0.25) is 5.02 Å². The smallest absolute Gasteiger partial charge is 0.368 e. The predicted octanol–water partition coefficient (Wildman–Crippen LogP) is 2.63. The van der Waals surface area contributed by atoms with Crippen molar-refractivity contribution in [2.24, 2.45) is 0 Å². The second kappa shape index (κ2) is 11.4. The summed E-state index contributed by atoms with van der Waals surface area (Å²) in [5.74, 6) is -0.922. The van der Waals surface area contributed by atoms with E-state index >= 15 is 0 Å². The quantitative estimate of drug-likeness (QED) is 0.587. The zero-order valence-corrected chi connectivity index (χ0v) is 20.6. The first-order chi connectivity index (χ1) is 16.4. The third-order valence-electron chi connectivity index (χ3n) is 6.75. The van der Waals surface area contributed by atoms with Crippen LogP contribution in [-0.4, -0.2) is 84.6 Å². The molecule has 1 aromatic carbocycles. The van der Waals surface area contributed by atoms with Crippen molar-refractivity contribution >= 4 is 35.2 Å². The number of halogens is 1. The predicted molar refractivity (Wildman–Crippen MR) is 129 cm³/mol. The average molecular weight is 492 g/mol. The lowest BCUT2D eigenvalue weighted by Crippen LogP contribution is -2.51. The van der Waals surface area contributed by atoms with E-state index in [-0.39, 0.29) is 12.8 Å². The van der Waals surface area contributed by atoms with E-state index < -0.39 is 17.9 Å². The van der Waals surface area contributed by atoms with Crippen LogP contribution in [0.25, 0.3) is 0 Å². The number of carbonyl (C=O) groups is 3. The van der Waals surface area contributed by atoms with E-state index in [0.717, 1.165) is 31.2 Å². The van der Waals surface area contributed by atoms with E-state index in [0.29, 0.717) is 37.3 Å². The Morgan fingerprint density at radius 2 is 1.85 bits per heavy atom. The minimum atomic E-state index is -0.644. The summed E-state index contributed by atoms with van der Waals surface area (Å²) in [7, 11) is 0. The van der Waals surface area contributed by atoms with Crippen LogP contribution in [0, 0.1) is 0 Å². The van der Waals surface area contributed by atoms with Crippen molar-refractivity contribution in [2.45, 2.75) is 51.6 Å². The number of nitrogens with zero attached hydrogens (tertiary/aromatic N) is 4. The Hall–Kier alpha value is -2.36. The van der Waals surface area contributed by atoms with Gasteiger partial charge in [-0.05, 0) is 24.1 Å². The molecule has 3 aliphatic heterocycles. The van der Waals surface area contributed by atoms with Crippen LogP contribution in [0.5, 0.6) is 0 Å². The number of imide groups is 1. The first-order valence-corrected chi connectivity index (χ1v) is 12.6. The lowest BCUT2D eigenvalue weighted by Gasteiger charge is -2.38. The second-order valence-corrected chi connectivity index (χ2v) is 9.65. The van der Waals surface area contributed by atoms with Gasteiger partial charge in [-0.2, -0.15) is 0 Å². The van der Waals surface area contributed by atoms with Gasteiger partial charge in [0, 0.05) is 82.0 Å². The van der Waals surface area contributed by atoms with Crippen molar-refractivity contribution in [1.29, 1.82) is 0 Å². The van der Waals surface area contributed by atoms with Gasteiger partial charge in [-0.25, -0.2) is 4.79 Å². The third kappa shape index (κ3) is 6.00. The first kappa shape index (κ1) is 24.8. The van der Waals surface area contributed by atoms with Gasteiger partial charge in [0.25, 0.3) is 11.8 Å². The minimum Gasteiger partial charge on any atom is -0.368 e. The summed E-state index contributed by atoms with van der Waals surface area (Å²) in [6, 6.07) is 6.60. The largest absolute Gasteiger partial charge is 0.434 e. The SMILES string of the molecule is CCCC[C@@H]1CN(c2cc(Cl)ccc2CN2CCN(C(=O)ON3C(=O)CCC3=O)CC2)CCN1. The molecule has 186 valence electrons. The van der Waals surface area contributed by atoms with Crippen molar-refractivity contribution in [3.05, 3.63) is 28.8 Å². The number of amides is 3. The second-order valence-electron chi connectivity index (χ2n) is 9.21. The molecule has 3 aliphatic rings. The molecular formula is C24H34ClN5O4. The van der Waals surface area contributed by atoms with Gasteiger partial charge in [-0.1, -0.05) is 37.4 Å². The number of hydrogen-bond donors (Lipinski definition) is 1. The van der Waals surface area contributed by atoms with Crippen molar-refractivity contribution in [1.82, 2.24) is 20.2 Å². The molecular weight excluding hydrogens is 458 g/mol. The van der Waals surface area contributed by atoms with E-state index in [9.17, 15) is 14.4 Å². The Balaban J connectivity index is 1.33. The van der Waals surface area contributed by atoms with Crippen LogP contribution >= 0.6 is 11.6 Å². The molecule has 3 heterocycles. The number of anilines is 1. The molecule has 0 radical (unpaired) electrons. The number of unbranched alkanes of at least 4 members (excludes halogenated alkanes) is 1. The highest BCUT2D eigenvalue weighted by atomic mass is 35.5. The highest BCUT2D eigenvalue weighted by Gasteiger charge is 2.35. The fourth-order valence-corrected chi connectivity index (χ4v) is 4.94. The van der Waals surface area contributed by atoms with Crippen LogP contribution in [0.1, 0.15) is 44.6 Å². The standard InChI is InChI=1S/C24H34ClN5O4/c1-2-3-4-20-17-29(10-9-26-20)21-15-19(25)6-5-18(21)16-27-11-13-28(14-12-27)24(33)34-30-22(31)7-8-23(30)32/h5-6,15,20,26H,2-4,7-14,16-17H2,1H3/t20-/m1/s1. The maximum absolute atomic E-state index is 12.4. The number of benzene rings is 1. The number of piperazine rings is 2. The zero-order chi connectivity index (χ0) is 24.1. The molecule has 34 heavy (non-hydrogen) atoms. The molecule has 0 aromatic heterocycles. The topological polar surface area (TPSA) is 85.4 Å². The fraction of sp³-hybridized carbons (Fsp3) is 0.625. The molecule has 9 nitrogen and oxygen atoms in total. The minimum absolute atomic E-state index is 0.0930. The van der Waals surface area contributed by atoms with Gasteiger partial charge in [0.15, 0.2) is 0 Å². The van der Waals surface area contributed by atoms with Crippen molar-refractivity contribution in [3.8, 4) is 0 Å². The van der Waals surface area contributed by atoms with Gasteiger partial charge in [0.2, 0.25) is 0 Å². The van der Waals surface area contributed by atoms with Crippen LogP contribution in [-0.2, 0) is 21.0 Å². The molecule has 0 saturated carbocycles. The van der Waals surface area contributed by atoms with Gasteiger partial charge in [0.05, 0.1) is 0 Å². The van der Waals surface area contributed by atoms with Crippen LogP contribution < -0.4 is 10.2 Å². The van der Waals surface area contributed by atoms with Gasteiger partial charge >= 0.3 is 6.09 Å². The van der Waals surface area contributed by atoms with Crippen molar-refractivity contribution < 1.29 is 19.2 Å². The fourth-order valence-electron chi connectivity index (χ4n) is 4.78. The molecule has 3 fully saturated rings. The Labute approximate surface area is 205 Å². The van der Waals surface area contributed by atoms with E-state index in [4.69, 9.17) is 16.4 Å². The van der Waals surface area contributed by atoms with E-state index in [1.807, 2.05) is 6.07 Å². The molecule has 1 aromatic rings. The summed E-state index contributed by atoms with van der Waals surface area (Å²) in [5.41, 5.74) is 2.41. The van der Waals surface area contributed by atoms with Crippen molar-refractivity contribution in [3.63, 3.8) is 0 Å². The number of hydroxylamine groups is 2. The summed E-state index contributed by atoms with van der Waals surface area (Å²) in [5, 5.41) is 4.98. The molecule has 3 saturated heterocycles. The van der Waals surface area contributed by atoms with E-state index in [2.05, 4.69) is 34.2 Å². The lowest BCUT2D eigenvalue weighted by atomic mass is 10.0. The summed E-state index contributed by atoms with van der Waals surface area (Å²) in [6.45, 7) is 8.19. The summed E-state index contributed by atoms with van der Waals surface area (Å²) in [4.78, 5) is 47.2. The highest BCUT2D eigenvalue weighted by molar-refractivity contribution is 6.30. The Kier molecular flexibility index (Phi) is 8.28. The van der Waals surface area contributed by atoms with Gasteiger partial charge in [-0.15, -0.1) is 5.06 Å². The van der Waals surface area contributed by atoms with E-state index in [1.54, 1.807) is 4.90 Å². The summed E-state index contributed by atoms with van der Waals surface area (Å²) < 4.78 is 0. The Morgan fingerprint density at radius 1 is 1.12 bits per heavy atom. The molecule has 3 amide bonds. The Morgan fingerprint density at radius 3 is 2.56 bits per heavy atom. The number of nitrogens with one attached hydrogen (secondary N) is 1. The molecule has 0 bridgehead atoms. The maximum atomic E-state index is 12.4. The molecule has 0 aliphatic carbocycles. The molecule has 4 rings (SSSR count). The number of carbonyl (C=O) groups excluding carboxylic acids is 3. The third-order valence-corrected chi connectivity index (χ3v) is 6.98. The maximum Gasteiger partial charge on any atom is 0.434 e. The average Bonchev–Trinajstić information content (AvgIpc) is 3.16. The summed E-state index contributed by atoms with van der Waals surface area (Å²) in [6.07, 6.45) is 3.14. The number of hydrogen-bond acceptors (Lipinski definition) is 7. The van der Waals surface area contributed by atoms with Gasteiger partial charge in [-0.3, -0.25) is 14.5 Å².